The summed E-state index contributed by atoms with van der Waals surface area (Å²) in [4.78, 5) is 14.2. The molecule has 0 aromatic heterocycles. The Hall–Kier alpha value is -1.39. The minimum Gasteiger partial charge on any atom is -0.457 e. The Balaban J connectivity index is 1.93. The van der Waals surface area contributed by atoms with E-state index in [9.17, 15) is 4.79 Å². The van der Waals surface area contributed by atoms with E-state index in [2.05, 4.69) is 0 Å². The zero-order valence-electron chi connectivity index (χ0n) is 11.5. The van der Waals surface area contributed by atoms with Gasteiger partial charge in [0, 0.05) is 9.79 Å². The van der Waals surface area contributed by atoms with Crippen molar-refractivity contribution in [2.45, 2.75) is 16.4 Å². The van der Waals surface area contributed by atoms with E-state index in [0.29, 0.717) is 12.2 Å². The van der Waals surface area contributed by atoms with E-state index < -0.39 is 0 Å². The zero-order chi connectivity index (χ0) is 14.4. The number of hydrogen-bond acceptors (Lipinski definition) is 4. The minimum atomic E-state index is -0.286. The quantitative estimate of drug-likeness (QED) is 0.600. The molecule has 0 aliphatic heterocycles. The molecule has 2 aromatic rings. The summed E-state index contributed by atoms with van der Waals surface area (Å²) in [7, 11) is 0. The number of thioether (sulfide) groups is 2. The molecule has 2 aromatic carbocycles. The lowest BCUT2D eigenvalue weighted by molar-refractivity contribution is 0.0472. The zero-order valence-corrected chi connectivity index (χ0v) is 13.1. The fourth-order valence-electron chi connectivity index (χ4n) is 1.68. The van der Waals surface area contributed by atoms with Gasteiger partial charge in [0.15, 0.2) is 0 Å². The van der Waals surface area contributed by atoms with Crippen LogP contribution in [0.3, 0.4) is 0 Å². The van der Waals surface area contributed by atoms with Crippen molar-refractivity contribution in [3.05, 3.63) is 59.7 Å². The highest BCUT2D eigenvalue weighted by Gasteiger charge is 2.07. The molecule has 0 aliphatic carbocycles. The van der Waals surface area contributed by atoms with Crippen molar-refractivity contribution in [2.24, 2.45) is 0 Å². The molecule has 0 heterocycles. The van der Waals surface area contributed by atoms with Crippen molar-refractivity contribution in [1.82, 2.24) is 0 Å². The molecule has 0 aliphatic rings. The monoisotopic (exact) mass is 304 g/mol. The number of carbonyl (C=O) groups is 1. The molecule has 0 spiro atoms. The molecule has 4 heteroatoms. The Morgan fingerprint density at radius 2 is 1.40 bits per heavy atom. The molecule has 0 radical (unpaired) electrons. The number of benzene rings is 2. The van der Waals surface area contributed by atoms with E-state index in [-0.39, 0.29) is 5.97 Å². The molecular formula is C16H16O2S2. The van der Waals surface area contributed by atoms with Crippen LogP contribution in [0.1, 0.15) is 15.9 Å². The summed E-state index contributed by atoms with van der Waals surface area (Å²) in [6, 6.07) is 15.5. The van der Waals surface area contributed by atoms with Crippen LogP contribution in [-0.4, -0.2) is 18.5 Å². The van der Waals surface area contributed by atoms with Gasteiger partial charge in [0.1, 0.15) is 6.61 Å². The maximum absolute atomic E-state index is 11.9. The van der Waals surface area contributed by atoms with Gasteiger partial charge in [-0.1, -0.05) is 12.1 Å². The highest BCUT2D eigenvalue weighted by molar-refractivity contribution is 7.98. The lowest BCUT2D eigenvalue weighted by Gasteiger charge is -2.06. The number of hydrogen-bond donors (Lipinski definition) is 0. The molecule has 0 bridgehead atoms. The number of esters is 1. The van der Waals surface area contributed by atoms with E-state index in [1.54, 1.807) is 35.7 Å². The topological polar surface area (TPSA) is 26.3 Å². The van der Waals surface area contributed by atoms with Crippen LogP contribution in [0, 0.1) is 0 Å². The van der Waals surface area contributed by atoms with Crippen LogP contribution in [-0.2, 0) is 11.3 Å². The summed E-state index contributed by atoms with van der Waals surface area (Å²) < 4.78 is 5.31. The third-order valence-electron chi connectivity index (χ3n) is 2.85. The van der Waals surface area contributed by atoms with Crippen LogP contribution in [0.5, 0.6) is 0 Å². The molecular weight excluding hydrogens is 288 g/mol. The molecule has 0 unspecified atom stereocenters. The molecule has 2 rings (SSSR count). The van der Waals surface area contributed by atoms with Gasteiger partial charge in [-0.3, -0.25) is 0 Å². The van der Waals surface area contributed by atoms with Crippen molar-refractivity contribution in [3.8, 4) is 0 Å². The van der Waals surface area contributed by atoms with E-state index in [0.717, 1.165) is 10.5 Å². The summed E-state index contributed by atoms with van der Waals surface area (Å²) in [5.41, 5.74) is 1.58. The summed E-state index contributed by atoms with van der Waals surface area (Å²) >= 11 is 3.34. The van der Waals surface area contributed by atoms with Crippen molar-refractivity contribution in [3.63, 3.8) is 0 Å². The highest BCUT2D eigenvalue weighted by Crippen LogP contribution is 2.17. The van der Waals surface area contributed by atoms with Crippen LogP contribution in [0.4, 0.5) is 0 Å². The van der Waals surface area contributed by atoms with E-state index in [1.165, 1.54) is 4.90 Å². The minimum absolute atomic E-state index is 0.286. The predicted octanol–water partition coefficient (Wildman–Crippen LogP) is 4.49. The van der Waals surface area contributed by atoms with E-state index in [4.69, 9.17) is 4.74 Å². The van der Waals surface area contributed by atoms with E-state index >= 15 is 0 Å². The predicted molar refractivity (Wildman–Crippen MR) is 85.6 cm³/mol. The fourth-order valence-corrected chi connectivity index (χ4v) is 2.50. The first-order chi connectivity index (χ1) is 9.72. The van der Waals surface area contributed by atoms with Crippen molar-refractivity contribution < 1.29 is 9.53 Å². The van der Waals surface area contributed by atoms with Gasteiger partial charge in [0.05, 0.1) is 5.56 Å². The van der Waals surface area contributed by atoms with Gasteiger partial charge in [0.25, 0.3) is 0 Å². The molecule has 2 nitrogen and oxygen atoms in total. The Morgan fingerprint density at radius 3 is 1.90 bits per heavy atom. The fraction of sp³-hybridized carbons (Fsp3) is 0.188. The molecule has 0 saturated carbocycles. The molecule has 104 valence electrons. The first kappa shape index (κ1) is 15.0. The van der Waals surface area contributed by atoms with E-state index in [1.807, 2.05) is 48.9 Å². The summed E-state index contributed by atoms with van der Waals surface area (Å²) in [6.45, 7) is 0.303. The molecule has 0 saturated heterocycles. The number of carbonyl (C=O) groups excluding carboxylic acids is 1. The number of rotatable bonds is 5. The van der Waals surface area contributed by atoms with Gasteiger partial charge in [0.2, 0.25) is 0 Å². The van der Waals surface area contributed by atoms with Crippen molar-refractivity contribution >= 4 is 29.5 Å². The summed E-state index contributed by atoms with van der Waals surface area (Å²) in [6.07, 6.45) is 4.04. The second-order valence-corrected chi connectivity index (χ2v) is 5.91. The smallest absolute Gasteiger partial charge is 0.338 e. The average Bonchev–Trinajstić information content (AvgIpc) is 2.53. The molecule has 20 heavy (non-hydrogen) atoms. The third kappa shape index (κ3) is 4.05. The van der Waals surface area contributed by atoms with Crippen LogP contribution in [0.2, 0.25) is 0 Å². The second kappa shape index (κ2) is 7.41. The van der Waals surface area contributed by atoms with Crippen LogP contribution >= 0.6 is 23.5 Å². The summed E-state index contributed by atoms with van der Waals surface area (Å²) in [5.74, 6) is -0.286. The number of ether oxygens (including phenoxy) is 1. The van der Waals surface area contributed by atoms with Gasteiger partial charge in [-0.15, -0.1) is 23.5 Å². The maximum Gasteiger partial charge on any atom is 0.338 e. The lowest BCUT2D eigenvalue weighted by atomic mass is 10.2. The molecule has 0 fully saturated rings. The SMILES string of the molecule is CSc1ccc(COC(=O)c2ccc(SC)cc2)cc1. The second-order valence-electron chi connectivity index (χ2n) is 4.15. The molecule has 0 amide bonds. The largest absolute Gasteiger partial charge is 0.457 e. The Kier molecular flexibility index (Phi) is 5.56. The Labute approximate surface area is 127 Å². The molecule has 0 atom stereocenters. The first-order valence-corrected chi connectivity index (χ1v) is 8.62. The van der Waals surface area contributed by atoms with Gasteiger partial charge >= 0.3 is 5.97 Å². The van der Waals surface area contributed by atoms with Crippen LogP contribution in [0.25, 0.3) is 0 Å². The van der Waals surface area contributed by atoms with Gasteiger partial charge < -0.3 is 4.74 Å². The van der Waals surface area contributed by atoms with Crippen LogP contribution < -0.4 is 0 Å². The van der Waals surface area contributed by atoms with Crippen LogP contribution in [0.15, 0.2) is 58.3 Å². The lowest BCUT2D eigenvalue weighted by Crippen LogP contribution is -2.05. The normalized spacial score (nSPS) is 10.3. The Morgan fingerprint density at radius 1 is 0.900 bits per heavy atom. The third-order valence-corrected chi connectivity index (χ3v) is 4.34. The van der Waals surface area contributed by atoms with Gasteiger partial charge in [-0.05, 0) is 54.5 Å². The summed E-state index contributed by atoms with van der Waals surface area (Å²) in [5, 5.41) is 0. The van der Waals surface area contributed by atoms with Gasteiger partial charge in [-0.2, -0.15) is 0 Å². The highest BCUT2D eigenvalue weighted by atomic mass is 32.2. The maximum atomic E-state index is 11.9. The van der Waals surface area contributed by atoms with Crippen molar-refractivity contribution in [2.75, 3.05) is 12.5 Å². The standard InChI is InChI=1S/C16H16O2S2/c1-19-14-7-3-12(4-8-14)11-18-16(17)13-5-9-15(20-2)10-6-13/h3-10H,11H2,1-2H3. The average molecular weight is 304 g/mol. The van der Waals surface area contributed by atoms with Gasteiger partial charge in [-0.25, -0.2) is 4.79 Å². The Bertz CT molecular complexity index is 562. The van der Waals surface area contributed by atoms with Crippen molar-refractivity contribution in [1.29, 1.82) is 0 Å². The first-order valence-electron chi connectivity index (χ1n) is 6.17. The molecule has 0 N–H and O–H groups in total.